The van der Waals surface area contributed by atoms with Gasteiger partial charge in [0.2, 0.25) is 0 Å². The first-order valence-electron chi connectivity index (χ1n) is 6.79. The van der Waals surface area contributed by atoms with Crippen LogP contribution in [0.1, 0.15) is 36.3 Å². The van der Waals surface area contributed by atoms with Gasteiger partial charge in [-0.15, -0.1) is 0 Å². The number of hydrogen-bond donors (Lipinski definition) is 0. The highest BCUT2D eigenvalue weighted by Crippen LogP contribution is 2.41. The second-order valence-electron chi connectivity index (χ2n) is 5.28. The fraction of sp³-hybridized carbons (Fsp3) is 0.312. The van der Waals surface area contributed by atoms with Gasteiger partial charge in [-0.05, 0) is 36.5 Å². The van der Waals surface area contributed by atoms with Crippen molar-refractivity contribution >= 4 is 11.6 Å². The Bertz CT molecular complexity index is 663. The molecule has 0 aliphatic heterocycles. The van der Waals surface area contributed by atoms with Gasteiger partial charge in [-0.1, -0.05) is 42.3 Å². The minimum Gasteiger partial charge on any atom is -0.236 e. The lowest BCUT2D eigenvalue weighted by molar-refractivity contribution is -0.137. The highest BCUT2D eigenvalue weighted by atomic mass is 35.5. The number of nitrogens with zero attached hydrogens (tertiary/aromatic N) is 1. The number of rotatable bonds is 2. The molecule has 0 unspecified atom stereocenters. The minimum atomic E-state index is -4.42. The van der Waals surface area contributed by atoms with E-state index >= 15 is 0 Å². The summed E-state index contributed by atoms with van der Waals surface area (Å²) < 4.78 is 38.7. The summed E-state index contributed by atoms with van der Waals surface area (Å²) >= 11 is 5.77. The molecule has 1 fully saturated rings. The van der Waals surface area contributed by atoms with Crippen LogP contribution in [-0.2, 0) is 6.18 Å². The van der Waals surface area contributed by atoms with E-state index in [0.717, 1.165) is 42.5 Å². The van der Waals surface area contributed by atoms with Crippen LogP contribution in [0.15, 0.2) is 36.4 Å². The maximum atomic E-state index is 12.9. The van der Waals surface area contributed by atoms with Gasteiger partial charge >= 0.3 is 6.18 Å². The van der Waals surface area contributed by atoms with E-state index in [1.54, 1.807) is 0 Å². The Labute approximate surface area is 125 Å². The Balaban J connectivity index is 2.10. The van der Waals surface area contributed by atoms with Crippen LogP contribution in [0.25, 0.3) is 11.3 Å². The van der Waals surface area contributed by atoms with Crippen molar-refractivity contribution in [2.24, 2.45) is 0 Å². The fourth-order valence-corrected chi connectivity index (χ4v) is 2.81. The van der Waals surface area contributed by atoms with Crippen LogP contribution >= 0.6 is 11.6 Å². The van der Waals surface area contributed by atoms with E-state index in [1.165, 1.54) is 0 Å². The molecule has 1 aliphatic carbocycles. The van der Waals surface area contributed by atoms with Crippen LogP contribution in [0, 0.1) is 0 Å². The van der Waals surface area contributed by atoms with E-state index in [2.05, 4.69) is 4.98 Å². The smallest absolute Gasteiger partial charge is 0.236 e. The molecule has 1 saturated carbocycles. The Hall–Kier alpha value is -1.55. The zero-order valence-electron chi connectivity index (χ0n) is 11.1. The molecule has 1 aliphatic rings. The number of aromatic nitrogens is 1. The summed E-state index contributed by atoms with van der Waals surface area (Å²) in [5.41, 5.74) is 1.33. The quantitative estimate of drug-likeness (QED) is 0.649. The molecule has 0 radical (unpaired) electrons. The number of benzene rings is 1. The lowest BCUT2D eigenvalue weighted by atomic mass is 9.77. The van der Waals surface area contributed by atoms with Crippen molar-refractivity contribution in [1.29, 1.82) is 0 Å². The third-order valence-corrected chi connectivity index (χ3v) is 4.10. The molecule has 3 rings (SSSR count). The molecule has 5 heteroatoms. The maximum absolute atomic E-state index is 12.9. The third-order valence-electron chi connectivity index (χ3n) is 3.90. The van der Waals surface area contributed by atoms with Crippen molar-refractivity contribution in [3.63, 3.8) is 0 Å². The summed E-state index contributed by atoms with van der Waals surface area (Å²) in [4.78, 5) is 4.08. The molecule has 0 bridgehead atoms. The minimum absolute atomic E-state index is 0.136. The summed E-state index contributed by atoms with van der Waals surface area (Å²) in [7, 11) is 0. The van der Waals surface area contributed by atoms with Crippen molar-refractivity contribution in [2.75, 3.05) is 0 Å². The van der Waals surface area contributed by atoms with E-state index in [9.17, 15) is 13.2 Å². The molecule has 0 spiro atoms. The molecule has 21 heavy (non-hydrogen) atoms. The Morgan fingerprint density at radius 1 is 1.10 bits per heavy atom. The molecule has 0 amide bonds. The van der Waals surface area contributed by atoms with Crippen molar-refractivity contribution in [3.8, 4) is 11.3 Å². The molecule has 0 N–H and O–H groups in total. The van der Waals surface area contributed by atoms with E-state index in [-0.39, 0.29) is 10.8 Å². The first kappa shape index (κ1) is 14.4. The molecule has 2 aromatic rings. The normalized spacial score (nSPS) is 15.8. The Morgan fingerprint density at radius 3 is 2.43 bits per heavy atom. The second kappa shape index (κ2) is 5.34. The van der Waals surface area contributed by atoms with Gasteiger partial charge in [-0.2, -0.15) is 13.2 Å². The number of pyridine rings is 1. The van der Waals surface area contributed by atoms with Gasteiger partial charge in [0.15, 0.2) is 0 Å². The second-order valence-corrected chi connectivity index (χ2v) is 5.66. The van der Waals surface area contributed by atoms with Crippen molar-refractivity contribution in [1.82, 2.24) is 4.98 Å². The zero-order valence-corrected chi connectivity index (χ0v) is 11.9. The number of alkyl halides is 3. The lowest BCUT2D eigenvalue weighted by Crippen LogP contribution is -2.11. The molecule has 1 aromatic carbocycles. The van der Waals surface area contributed by atoms with Gasteiger partial charge in [-0.3, -0.25) is 0 Å². The summed E-state index contributed by atoms with van der Waals surface area (Å²) in [6.07, 6.45) is -1.12. The number of halogens is 4. The highest BCUT2D eigenvalue weighted by Gasteiger charge is 2.32. The molecule has 1 aromatic heterocycles. The molecular weight excluding hydrogens is 299 g/mol. The molecular formula is C16H13ClF3N. The Morgan fingerprint density at radius 2 is 1.81 bits per heavy atom. The summed E-state index contributed by atoms with van der Waals surface area (Å²) in [6.45, 7) is 0. The van der Waals surface area contributed by atoms with Crippen LogP contribution in [0.4, 0.5) is 13.2 Å². The molecule has 0 saturated heterocycles. The van der Waals surface area contributed by atoms with E-state index in [0.29, 0.717) is 5.92 Å². The van der Waals surface area contributed by atoms with Crippen LogP contribution in [0.3, 0.4) is 0 Å². The summed E-state index contributed by atoms with van der Waals surface area (Å²) in [6, 6.07) is 9.43. The first-order valence-corrected chi connectivity index (χ1v) is 7.17. The standard InChI is InChI=1S/C16H13ClF3N/c17-15-9-11(16(18,19)20)8-14(21-15)13-7-2-1-6-12(13)10-4-3-5-10/h1-2,6-10H,3-5H2. The van der Waals surface area contributed by atoms with Gasteiger partial charge in [0.1, 0.15) is 5.15 Å². The van der Waals surface area contributed by atoms with Crippen LogP contribution in [-0.4, -0.2) is 4.98 Å². The van der Waals surface area contributed by atoms with Gasteiger partial charge in [-0.25, -0.2) is 4.98 Å². The largest absolute Gasteiger partial charge is 0.416 e. The zero-order chi connectivity index (χ0) is 15.0. The van der Waals surface area contributed by atoms with Crippen LogP contribution < -0.4 is 0 Å². The predicted molar refractivity (Wildman–Crippen MR) is 76.3 cm³/mol. The van der Waals surface area contributed by atoms with Crippen molar-refractivity contribution in [3.05, 3.63) is 52.7 Å². The van der Waals surface area contributed by atoms with Crippen molar-refractivity contribution < 1.29 is 13.2 Å². The fourth-order valence-electron chi connectivity index (χ4n) is 2.60. The predicted octanol–water partition coefficient (Wildman–Crippen LogP) is 5.69. The first-order chi connectivity index (χ1) is 9.95. The highest BCUT2D eigenvalue weighted by molar-refractivity contribution is 6.29. The van der Waals surface area contributed by atoms with Gasteiger partial charge in [0.25, 0.3) is 0 Å². The summed E-state index contributed by atoms with van der Waals surface area (Å²) in [5.74, 6) is 0.413. The summed E-state index contributed by atoms with van der Waals surface area (Å²) in [5, 5.41) is -0.136. The third kappa shape index (κ3) is 2.91. The molecule has 110 valence electrons. The van der Waals surface area contributed by atoms with Crippen LogP contribution in [0.2, 0.25) is 5.15 Å². The maximum Gasteiger partial charge on any atom is 0.416 e. The average Bonchev–Trinajstić information content (AvgIpc) is 2.35. The van der Waals surface area contributed by atoms with E-state index in [4.69, 9.17) is 11.6 Å². The van der Waals surface area contributed by atoms with Gasteiger partial charge < -0.3 is 0 Å². The van der Waals surface area contributed by atoms with Crippen LogP contribution in [0.5, 0.6) is 0 Å². The monoisotopic (exact) mass is 311 g/mol. The lowest BCUT2D eigenvalue weighted by Gasteiger charge is -2.28. The van der Waals surface area contributed by atoms with E-state index in [1.807, 2.05) is 24.3 Å². The number of hydrogen-bond acceptors (Lipinski definition) is 1. The van der Waals surface area contributed by atoms with Crippen molar-refractivity contribution in [2.45, 2.75) is 31.4 Å². The average molecular weight is 312 g/mol. The van der Waals surface area contributed by atoms with Gasteiger partial charge in [0.05, 0.1) is 11.3 Å². The topological polar surface area (TPSA) is 12.9 Å². The molecule has 0 atom stereocenters. The molecule has 1 nitrogen and oxygen atoms in total. The van der Waals surface area contributed by atoms with Gasteiger partial charge in [0, 0.05) is 5.56 Å². The Kier molecular flexibility index (Phi) is 3.66. The molecule has 1 heterocycles. The van der Waals surface area contributed by atoms with E-state index < -0.39 is 11.7 Å². The SMILES string of the molecule is FC(F)(F)c1cc(Cl)nc(-c2ccccc2C2CCC2)c1.